The molecule has 120 valence electrons. The van der Waals surface area contributed by atoms with Crippen LogP contribution in [0.2, 0.25) is 0 Å². The maximum Gasteiger partial charge on any atom is 0.407 e. The number of rotatable bonds is 7. The third-order valence-electron chi connectivity index (χ3n) is 4.73. The van der Waals surface area contributed by atoms with Gasteiger partial charge >= 0.3 is 6.09 Å². The first-order valence-corrected chi connectivity index (χ1v) is 8.01. The van der Waals surface area contributed by atoms with E-state index < -0.39 is 0 Å². The molecule has 0 heterocycles. The highest BCUT2D eigenvalue weighted by Gasteiger charge is 2.43. The zero-order chi connectivity index (χ0) is 15.4. The van der Waals surface area contributed by atoms with Crippen LogP contribution >= 0.6 is 0 Å². The van der Waals surface area contributed by atoms with E-state index in [0.717, 1.165) is 37.8 Å². The Labute approximate surface area is 131 Å². The minimum absolute atomic E-state index is 0.146. The first kappa shape index (κ1) is 15.3. The standard InChI is InChI=1S/C17H24N2O3/c20-12-17(6-7-17)11-18-14-8-15(9-14)19-16(21)22-10-13-4-2-1-3-5-13/h1-5,14-15,18,20H,6-12H2,(H,19,21). The molecular formula is C17H24N2O3. The van der Waals surface area contributed by atoms with E-state index in [1.807, 2.05) is 30.3 Å². The van der Waals surface area contributed by atoms with Crippen molar-refractivity contribution in [1.82, 2.24) is 10.6 Å². The van der Waals surface area contributed by atoms with Crippen LogP contribution in [-0.2, 0) is 11.3 Å². The van der Waals surface area contributed by atoms with Crippen LogP contribution in [0.3, 0.4) is 0 Å². The topological polar surface area (TPSA) is 70.6 Å². The molecule has 0 unspecified atom stereocenters. The maximum atomic E-state index is 11.7. The lowest BCUT2D eigenvalue weighted by atomic mass is 9.86. The van der Waals surface area contributed by atoms with E-state index in [-0.39, 0.29) is 24.2 Å². The van der Waals surface area contributed by atoms with Crippen molar-refractivity contribution in [2.24, 2.45) is 5.41 Å². The highest BCUT2D eigenvalue weighted by atomic mass is 16.5. The van der Waals surface area contributed by atoms with Crippen LogP contribution in [0.5, 0.6) is 0 Å². The molecule has 0 spiro atoms. The van der Waals surface area contributed by atoms with E-state index in [1.54, 1.807) is 0 Å². The summed E-state index contributed by atoms with van der Waals surface area (Å²) in [6.07, 6.45) is 3.76. The van der Waals surface area contributed by atoms with Gasteiger partial charge in [-0.05, 0) is 31.2 Å². The first-order chi connectivity index (χ1) is 10.7. The van der Waals surface area contributed by atoms with E-state index in [2.05, 4.69) is 10.6 Å². The molecule has 2 aliphatic rings. The Morgan fingerprint density at radius 1 is 1.23 bits per heavy atom. The van der Waals surface area contributed by atoms with Crippen LogP contribution in [0.4, 0.5) is 4.79 Å². The van der Waals surface area contributed by atoms with E-state index in [0.29, 0.717) is 12.6 Å². The minimum atomic E-state index is -0.346. The molecule has 3 N–H and O–H groups in total. The number of carbonyl (C=O) groups excluding carboxylic acids is 1. The molecule has 0 aliphatic heterocycles. The summed E-state index contributed by atoms with van der Waals surface area (Å²) in [6.45, 7) is 1.47. The SMILES string of the molecule is O=C(NC1CC(NCC2(CO)CC2)C1)OCc1ccccc1. The van der Waals surface area contributed by atoms with Crippen molar-refractivity contribution in [2.75, 3.05) is 13.2 Å². The quantitative estimate of drug-likeness (QED) is 0.718. The first-order valence-electron chi connectivity index (χ1n) is 8.01. The number of hydrogen-bond acceptors (Lipinski definition) is 4. The highest BCUT2D eigenvalue weighted by Crippen LogP contribution is 2.44. The third kappa shape index (κ3) is 3.99. The van der Waals surface area contributed by atoms with Gasteiger partial charge in [-0.2, -0.15) is 0 Å². The summed E-state index contributed by atoms with van der Waals surface area (Å²) < 4.78 is 5.21. The summed E-state index contributed by atoms with van der Waals surface area (Å²) in [5.74, 6) is 0. The fourth-order valence-corrected chi connectivity index (χ4v) is 2.76. The van der Waals surface area contributed by atoms with Crippen LogP contribution in [0.15, 0.2) is 30.3 Å². The van der Waals surface area contributed by atoms with Crippen LogP contribution in [0, 0.1) is 5.41 Å². The Balaban J connectivity index is 1.28. The summed E-state index contributed by atoms with van der Waals surface area (Å²) in [7, 11) is 0. The second-order valence-electron chi connectivity index (χ2n) is 6.61. The van der Waals surface area contributed by atoms with Crippen molar-refractivity contribution in [3.63, 3.8) is 0 Å². The van der Waals surface area contributed by atoms with Crippen molar-refractivity contribution in [3.05, 3.63) is 35.9 Å². The molecule has 5 heteroatoms. The second-order valence-corrected chi connectivity index (χ2v) is 6.61. The Bertz CT molecular complexity index is 496. The molecule has 2 fully saturated rings. The van der Waals surface area contributed by atoms with Gasteiger partial charge < -0.3 is 20.5 Å². The summed E-state index contributed by atoms with van der Waals surface area (Å²) in [5, 5.41) is 15.6. The van der Waals surface area contributed by atoms with Gasteiger partial charge in [0.25, 0.3) is 0 Å². The Kier molecular flexibility index (Phi) is 4.64. The van der Waals surface area contributed by atoms with Crippen LogP contribution in [0.25, 0.3) is 0 Å². The van der Waals surface area contributed by atoms with Gasteiger partial charge in [0.1, 0.15) is 6.61 Å². The van der Waals surface area contributed by atoms with Crippen molar-refractivity contribution in [2.45, 2.75) is 44.4 Å². The van der Waals surface area contributed by atoms with Crippen molar-refractivity contribution < 1.29 is 14.6 Å². The zero-order valence-electron chi connectivity index (χ0n) is 12.8. The molecule has 0 radical (unpaired) electrons. The molecule has 3 rings (SSSR count). The molecule has 5 nitrogen and oxygen atoms in total. The molecule has 1 amide bonds. The number of aliphatic hydroxyl groups excluding tert-OH is 1. The van der Waals surface area contributed by atoms with Crippen molar-refractivity contribution >= 4 is 6.09 Å². The maximum absolute atomic E-state index is 11.7. The lowest BCUT2D eigenvalue weighted by Gasteiger charge is -2.37. The fraction of sp³-hybridized carbons (Fsp3) is 0.588. The molecule has 1 aromatic carbocycles. The molecule has 0 bridgehead atoms. The number of ether oxygens (including phenoxy) is 1. The lowest BCUT2D eigenvalue weighted by Crippen LogP contribution is -2.53. The van der Waals surface area contributed by atoms with Crippen LogP contribution < -0.4 is 10.6 Å². The number of hydrogen-bond donors (Lipinski definition) is 3. The summed E-state index contributed by atoms with van der Waals surface area (Å²) >= 11 is 0. The van der Waals surface area contributed by atoms with Gasteiger partial charge in [0.2, 0.25) is 0 Å². The summed E-state index contributed by atoms with van der Waals surface area (Å²) in [5.41, 5.74) is 1.14. The molecular weight excluding hydrogens is 280 g/mol. The molecule has 0 atom stereocenters. The molecule has 2 aliphatic carbocycles. The third-order valence-corrected chi connectivity index (χ3v) is 4.73. The smallest absolute Gasteiger partial charge is 0.407 e. The highest BCUT2D eigenvalue weighted by molar-refractivity contribution is 5.67. The van der Waals surface area contributed by atoms with Crippen LogP contribution in [0.1, 0.15) is 31.2 Å². The van der Waals surface area contributed by atoms with Crippen molar-refractivity contribution in [3.8, 4) is 0 Å². The number of nitrogens with one attached hydrogen (secondary N) is 2. The van der Waals surface area contributed by atoms with E-state index in [4.69, 9.17) is 4.74 Å². The van der Waals surface area contributed by atoms with Gasteiger partial charge in [0, 0.05) is 30.7 Å². The van der Waals surface area contributed by atoms with Gasteiger partial charge in [0.15, 0.2) is 0 Å². The minimum Gasteiger partial charge on any atom is -0.445 e. The van der Waals surface area contributed by atoms with Crippen LogP contribution in [-0.4, -0.2) is 36.4 Å². The Morgan fingerprint density at radius 2 is 1.95 bits per heavy atom. The Morgan fingerprint density at radius 3 is 2.59 bits per heavy atom. The van der Waals surface area contributed by atoms with Gasteiger partial charge in [-0.25, -0.2) is 4.79 Å². The van der Waals surface area contributed by atoms with E-state index in [1.165, 1.54) is 0 Å². The normalized spacial score (nSPS) is 25.1. The average Bonchev–Trinajstić information content (AvgIpc) is 3.29. The monoisotopic (exact) mass is 304 g/mol. The van der Waals surface area contributed by atoms with E-state index in [9.17, 15) is 9.90 Å². The number of aliphatic hydroxyl groups is 1. The molecule has 0 saturated heterocycles. The zero-order valence-corrected chi connectivity index (χ0v) is 12.8. The van der Waals surface area contributed by atoms with Gasteiger partial charge in [-0.15, -0.1) is 0 Å². The summed E-state index contributed by atoms with van der Waals surface area (Å²) in [6, 6.07) is 10.3. The number of alkyl carbamates (subject to hydrolysis) is 1. The van der Waals surface area contributed by atoms with Crippen molar-refractivity contribution in [1.29, 1.82) is 0 Å². The Hall–Kier alpha value is -1.59. The number of amides is 1. The molecule has 2 saturated carbocycles. The van der Waals surface area contributed by atoms with Gasteiger partial charge in [-0.1, -0.05) is 30.3 Å². The van der Waals surface area contributed by atoms with E-state index >= 15 is 0 Å². The molecule has 1 aromatic rings. The average molecular weight is 304 g/mol. The molecule has 22 heavy (non-hydrogen) atoms. The fourth-order valence-electron chi connectivity index (χ4n) is 2.76. The predicted molar refractivity (Wildman–Crippen MR) is 83.3 cm³/mol. The predicted octanol–water partition coefficient (Wildman–Crippen LogP) is 1.81. The largest absolute Gasteiger partial charge is 0.445 e. The van der Waals surface area contributed by atoms with Gasteiger partial charge in [-0.3, -0.25) is 0 Å². The number of benzene rings is 1. The second kappa shape index (κ2) is 6.67. The summed E-state index contributed by atoms with van der Waals surface area (Å²) in [4.78, 5) is 11.7. The van der Waals surface area contributed by atoms with Gasteiger partial charge in [0.05, 0.1) is 0 Å². The molecule has 0 aromatic heterocycles. The number of carbonyl (C=O) groups is 1. The lowest BCUT2D eigenvalue weighted by molar-refractivity contribution is 0.124.